The predicted molar refractivity (Wildman–Crippen MR) is 237 cm³/mol. The lowest BCUT2D eigenvalue weighted by atomic mass is 9.94. The number of hydrogen-bond donors (Lipinski definition) is 15. The van der Waals surface area contributed by atoms with Gasteiger partial charge in [-0.15, -0.1) is 0 Å². The van der Waals surface area contributed by atoms with E-state index in [-0.39, 0.29) is 11.7 Å². The fourth-order valence-corrected chi connectivity index (χ4v) is 8.09. The molecule has 0 aliphatic carbocycles. The van der Waals surface area contributed by atoms with E-state index in [1.807, 2.05) is 0 Å². The van der Waals surface area contributed by atoms with Crippen LogP contribution in [0.1, 0.15) is 56.3 Å². The fourth-order valence-electron chi connectivity index (χ4n) is 8.09. The Morgan fingerprint density at radius 3 is 1.88 bits per heavy atom. The monoisotopic (exact) mass is 978 g/mol. The van der Waals surface area contributed by atoms with Gasteiger partial charge in [0.2, 0.25) is 12.2 Å². The molecular formula is C43H75N7O18. The summed E-state index contributed by atoms with van der Waals surface area (Å²) in [6.45, 7) is 5.79. The summed E-state index contributed by atoms with van der Waals surface area (Å²) in [7, 11) is 0. The van der Waals surface area contributed by atoms with E-state index in [9.17, 15) is 50.4 Å². The van der Waals surface area contributed by atoms with Gasteiger partial charge in [0.15, 0.2) is 18.9 Å². The summed E-state index contributed by atoms with van der Waals surface area (Å²) in [6.07, 6.45) is -19.5. The van der Waals surface area contributed by atoms with E-state index in [2.05, 4.69) is 21.3 Å². The second-order valence-corrected chi connectivity index (χ2v) is 17.5. The van der Waals surface area contributed by atoms with Crippen molar-refractivity contribution in [3.05, 3.63) is 29.8 Å². The van der Waals surface area contributed by atoms with E-state index in [1.165, 1.54) is 19.1 Å². The number of amides is 2. The van der Waals surface area contributed by atoms with Crippen LogP contribution in [0.25, 0.3) is 0 Å². The van der Waals surface area contributed by atoms with Crippen molar-refractivity contribution >= 4 is 11.8 Å². The maximum absolute atomic E-state index is 12.7. The molecule has 0 radical (unpaired) electrons. The van der Waals surface area contributed by atoms with E-state index in [1.54, 1.807) is 19.1 Å². The second-order valence-electron chi connectivity index (χ2n) is 17.5. The number of unbranched alkanes of at least 4 members (excludes halogenated alkanes) is 2. The molecule has 4 heterocycles. The summed E-state index contributed by atoms with van der Waals surface area (Å²) < 4.78 is 46.3. The molecule has 18 N–H and O–H groups in total. The zero-order valence-corrected chi connectivity index (χ0v) is 38.6. The third kappa shape index (κ3) is 15.1. The molecule has 2 amide bonds. The second kappa shape index (κ2) is 27.7. The van der Waals surface area contributed by atoms with Crippen molar-refractivity contribution in [2.75, 3.05) is 59.1 Å². The Kier molecular flexibility index (Phi) is 22.8. The number of nitrogens with one attached hydrogen (secondary N) is 4. The molecule has 0 bridgehead atoms. The molecule has 1 aromatic rings. The molecule has 5 rings (SSSR count). The molecule has 0 aromatic heterocycles. The molecule has 25 heteroatoms. The molecule has 0 spiro atoms. The molecule has 4 saturated heterocycles. The van der Waals surface area contributed by atoms with Gasteiger partial charge in [-0.05, 0) is 103 Å². The van der Waals surface area contributed by atoms with Gasteiger partial charge in [0.05, 0.1) is 44.1 Å². The highest BCUT2D eigenvalue weighted by Gasteiger charge is 2.54. The first-order chi connectivity index (χ1) is 32.6. The summed E-state index contributed by atoms with van der Waals surface area (Å²) in [4.78, 5) is 25.2. The summed E-state index contributed by atoms with van der Waals surface area (Å²) >= 11 is 0. The Morgan fingerprint density at radius 1 is 0.706 bits per heavy atom. The number of rotatable bonds is 26. The molecule has 25 nitrogen and oxygen atoms in total. The number of ether oxygens (including phenoxy) is 8. The number of carbonyl (C=O) groups excluding carboxylic acids is 2. The summed E-state index contributed by atoms with van der Waals surface area (Å²) in [6, 6.07) is 2.86. The van der Waals surface area contributed by atoms with Crippen LogP contribution in [0.15, 0.2) is 24.3 Å². The highest BCUT2D eigenvalue weighted by atomic mass is 16.8. The van der Waals surface area contributed by atoms with E-state index in [4.69, 9.17) is 55.1 Å². The van der Waals surface area contributed by atoms with Gasteiger partial charge in [0.1, 0.15) is 72.8 Å². The van der Waals surface area contributed by atoms with Gasteiger partial charge >= 0.3 is 0 Å². The summed E-state index contributed by atoms with van der Waals surface area (Å²) in [5, 5.41) is 99.4. The minimum Gasteiger partial charge on any atom is -0.462 e. The Labute approximate surface area is 395 Å². The van der Waals surface area contributed by atoms with E-state index < -0.39 is 142 Å². The van der Waals surface area contributed by atoms with Crippen LogP contribution in [0.4, 0.5) is 0 Å². The van der Waals surface area contributed by atoms with E-state index >= 15 is 0 Å². The number of aliphatic hydroxyl groups excluding tert-OH is 8. The topological polar surface area (TPSA) is 396 Å². The first-order valence-electron chi connectivity index (χ1n) is 23.4. The van der Waals surface area contributed by atoms with Crippen molar-refractivity contribution < 1.29 is 88.3 Å². The van der Waals surface area contributed by atoms with Gasteiger partial charge in [0.25, 0.3) is 5.91 Å². The lowest BCUT2D eigenvalue weighted by Gasteiger charge is -2.48. The minimum absolute atomic E-state index is 0.223. The smallest absolute Gasteiger partial charge is 0.251 e. The molecule has 390 valence electrons. The quantitative estimate of drug-likeness (QED) is 0.0384. The number of aliphatic hydroxyl groups is 8. The Morgan fingerprint density at radius 2 is 1.26 bits per heavy atom. The Hall–Kier alpha value is -2.84. The van der Waals surface area contributed by atoms with Crippen molar-refractivity contribution in [3.63, 3.8) is 0 Å². The maximum Gasteiger partial charge on any atom is 0.251 e. The lowest BCUT2D eigenvalue weighted by molar-refractivity contribution is -0.368. The SMILES string of the molecule is CC(N)C(=O)NC1C(OC2C(CO)OC(OC3C(O)COC(OC4C(CO)OC(Oc5ccc(C(=O)NCCCNCCCCNCCCCN)cc5)C4O)C3O)C(O)C2O)OC(C)C(N)C1O. The molecule has 19 atom stereocenters. The minimum atomic E-state index is -1.95. The third-order valence-corrected chi connectivity index (χ3v) is 12.2. The first-order valence-corrected chi connectivity index (χ1v) is 23.4. The van der Waals surface area contributed by atoms with Crippen molar-refractivity contribution in [1.29, 1.82) is 0 Å². The molecule has 4 aliphatic heterocycles. The van der Waals surface area contributed by atoms with Gasteiger partial charge < -0.3 is 117 Å². The molecule has 0 saturated carbocycles. The van der Waals surface area contributed by atoms with Crippen LogP contribution in [0, 0.1) is 0 Å². The third-order valence-electron chi connectivity index (χ3n) is 12.2. The summed E-state index contributed by atoms with van der Waals surface area (Å²) in [5.41, 5.74) is 17.6. The Balaban J connectivity index is 1.09. The standard InChI is InChI=1S/C43H75N7O18/c1-21(45)38(59)50-29-30(54)28(46)22(2)62-40(29)67-36-26(18-51)64-42(32(56)31(36)55)66-35-25(53)20-61-41(33(35)57)68-37-27(19-52)65-43(34(37)58)63-24-10-8-23(9-11-24)39(60)49-17-7-16-48-15-6-5-14-47-13-4-3-12-44/h8-11,21-22,25-37,40-43,47-48,51-58H,3-7,12-20,44-46H2,1-2H3,(H,49,60)(H,50,59). The average Bonchev–Trinajstić information content (AvgIpc) is 3.62. The lowest BCUT2D eigenvalue weighted by Crippen LogP contribution is -2.69. The number of hydrogen-bond acceptors (Lipinski definition) is 23. The number of nitrogens with two attached hydrogens (primary N) is 3. The molecular weight excluding hydrogens is 903 g/mol. The van der Waals surface area contributed by atoms with Crippen LogP contribution >= 0.6 is 0 Å². The van der Waals surface area contributed by atoms with Gasteiger partial charge in [-0.2, -0.15) is 0 Å². The van der Waals surface area contributed by atoms with Gasteiger partial charge in [-0.1, -0.05) is 0 Å². The van der Waals surface area contributed by atoms with Gasteiger partial charge in [0, 0.05) is 12.1 Å². The van der Waals surface area contributed by atoms with Crippen LogP contribution in [-0.2, 0) is 38.0 Å². The fraction of sp³-hybridized carbons (Fsp3) is 0.814. The van der Waals surface area contributed by atoms with Crippen molar-refractivity contribution in [1.82, 2.24) is 21.3 Å². The van der Waals surface area contributed by atoms with Crippen LogP contribution in [0.2, 0.25) is 0 Å². The van der Waals surface area contributed by atoms with Crippen molar-refractivity contribution in [2.24, 2.45) is 17.2 Å². The highest BCUT2D eigenvalue weighted by Crippen LogP contribution is 2.34. The maximum atomic E-state index is 12.7. The van der Waals surface area contributed by atoms with E-state index in [0.717, 1.165) is 64.8 Å². The van der Waals surface area contributed by atoms with Gasteiger partial charge in [-0.25, -0.2) is 0 Å². The Bertz CT molecular complexity index is 1640. The van der Waals surface area contributed by atoms with Crippen LogP contribution < -0.4 is 43.2 Å². The molecule has 1 aromatic carbocycles. The zero-order valence-electron chi connectivity index (χ0n) is 38.6. The summed E-state index contributed by atoms with van der Waals surface area (Å²) in [5.74, 6) is -0.729. The van der Waals surface area contributed by atoms with Crippen LogP contribution in [0.5, 0.6) is 5.75 Å². The van der Waals surface area contributed by atoms with Crippen LogP contribution in [0.3, 0.4) is 0 Å². The predicted octanol–water partition coefficient (Wildman–Crippen LogP) is -6.10. The molecule has 4 fully saturated rings. The molecule has 68 heavy (non-hydrogen) atoms. The zero-order chi connectivity index (χ0) is 49.5. The first kappa shape index (κ1) is 56.1. The highest BCUT2D eigenvalue weighted by molar-refractivity contribution is 5.94. The average molecular weight is 978 g/mol. The molecule has 19 unspecified atom stereocenters. The molecule has 4 aliphatic rings. The van der Waals surface area contributed by atoms with Crippen LogP contribution in [-0.4, -0.2) is 228 Å². The number of carbonyl (C=O) groups is 2. The van der Waals surface area contributed by atoms with Crippen molar-refractivity contribution in [3.8, 4) is 5.75 Å². The van der Waals surface area contributed by atoms with Gasteiger partial charge in [-0.3, -0.25) is 9.59 Å². The van der Waals surface area contributed by atoms with Crippen molar-refractivity contribution in [2.45, 2.75) is 162 Å². The largest absolute Gasteiger partial charge is 0.462 e. The van der Waals surface area contributed by atoms with E-state index in [0.29, 0.717) is 12.1 Å². The number of benzene rings is 1. The normalized spacial score (nSPS) is 36.8.